The van der Waals surface area contributed by atoms with Gasteiger partial charge in [0.15, 0.2) is 5.96 Å². The number of benzene rings is 1. The lowest BCUT2D eigenvalue weighted by atomic mass is 10.1. The van der Waals surface area contributed by atoms with Crippen molar-refractivity contribution in [3.63, 3.8) is 0 Å². The van der Waals surface area contributed by atoms with Gasteiger partial charge in [-0.3, -0.25) is 4.99 Å². The molecule has 0 aliphatic heterocycles. The number of hydrogen-bond acceptors (Lipinski definition) is 2. The number of imidazole rings is 1. The Morgan fingerprint density at radius 2 is 2.12 bits per heavy atom. The minimum atomic E-state index is 0. The quantitative estimate of drug-likeness (QED) is 0.242. The maximum Gasteiger partial charge on any atom is 0.191 e. The molecule has 2 N–H and O–H groups in total. The molecule has 5 nitrogen and oxygen atoms in total. The number of guanidine groups is 1. The highest BCUT2D eigenvalue weighted by atomic mass is 127. The van der Waals surface area contributed by atoms with E-state index in [0.29, 0.717) is 0 Å². The van der Waals surface area contributed by atoms with E-state index >= 15 is 0 Å². The molecule has 1 aromatic heterocycles. The molecule has 0 unspecified atom stereocenters. The maximum atomic E-state index is 6.02. The zero-order chi connectivity index (χ0) is 17.9. The molecule has 7 heteroatoms. The number of unbranched alkanes of at least 4 members (excludes halogenated alkanes) is 1. The Hall–Kier alpha value is -1.28. The third kappa shape index (κ3) is 8.40. The number of nitrogens with one attached hydrogen (secondary N) is 2. The van der Waals surface area contributed by atoms with Crippen molar-refractivity contribution in [2.45, 2.75) is 39.7 Å². The summed E-state index contributed by atoms with van der Waals surface area (Å²) < 4.78 is 2.18. The van der Waals surface area contributed by atoms with Crippen LogP contribution in [0.4, 0.5) is 0 Å². The van der Waals surface area contributed by atoms with Gasteiger partial charge in [0.05, 0.1) is 0 Å². The van der Waals surface area contributed by atoms with Crippen LogP contribution in [0, 0.1) is 6.92 Å². The molecule has 0 spiro atoms. The summed E-state index contributed by atoms with van der Waals surface area (Å²) in [6.07, 6.45) is 6.96. The van der Waals surface area contributed by atoms with Crippen LogP contribution >= 0.6 is 35.6 Å². The molecule has 2 rings (SSSR count). The average molecular weight is 490 g/mol. The molecule has 0 radical (unpaired) electrons. The first-order valence-electron chi connectivity index (χ1n) is 8.93. The van der Waals surface area contributed by atoms with Crippen molar-refractivity contribution in [3.8, 4) is 0 Å². The third-order valence-electron chi connectivity index (χ3n) is 3.94. The molecule has 26 heavy (non-hydrogen) atoms. The van der Waals surface area contributed by atoms with E-state index in [1.165, 1.54) is 5.56 Å². The van der Waals surface area contributed by atoms with Gasteiger partial charge in [0.1, 0.15) is 5.82 Å². The molecule has 1 aromatic carbocycles. The van der Waals surface area contributed by atoms with Gasteiger partial charge in [0.25, 0.3) is 0 Å². The Kier molecular flexibility index (Phi) is 11.4. The molecule has 0 aliphatic carbocycles. The Morgan fingerprint density at radius 1 is 1.27 bits per heavy atom. The molecular formula is C19H29ClIN5. The largest absolute Gasteiger partial charge is 0.357 e. The summed E-state index contributed by atoms with van der Waals surface area (Å²) in [5.41, 5.74) is 1.23. The second-order valence-corrected chi connectivity index (χ2v) is 6.38. The average Bonchev–Trinajstić information content (AvgIpc) is 3.00. The van der Waals surface area contributed by atoms with E-state index in [0.717, 1.165) is 62.2 Å². The highest BCUT2D eigenvalue weighted by molar-refractivity contribution is 14.0. The van der Waals surface area contributed by atoms with Gasteiger partial charge in [-0.05, 0) is 50.8 Å². The van der Waals surface area contributed by atoms with Crippen LogP contribution in [-0.2, 0) is 13.0 Å². The lowest BCUT2D eigenvalue weighted by molar-refractivity contribution is 0.600. The zero-order valence-electron chi connectivity index (χ0n) is 15.5. The molecule has 0 fully saturated rings. The predicted molar refractivity (Wildman–Crippen MR) is 121 cm³/mol. The van der Waals surface area contributed by atoms with Crippen molar-refractivity contribution in [2.75, 3.05) is 19.6 Å². The summed E-state index contributed by atoms with van der Waals surface area (Å²) in [5.74, 6) is 1.95. The highest BCUT2D eigenvalue weighted by Gasteiger charge is 1.99. The number of aliphatic imine (C=N–C) groups is 1. The second kappa shape index (κ2) is 13.0. The first kappa shape index (κ1) is 22.8. The molecule has 0 amide bonds. The van der Waals surface area contributed by atoms with Crippen LogP contribution in [0.1, 0.15) is 31.2 Å². The lowest BCUT2D eigenvalue weighted by Crippen LogP contribution is -2.38. The van der Waals surface area contributed by atoms with Crippen molar-refractivity contribution in [3.05, 3.63) is 53.1 Å². The summed E-state index contributed by atoms with van der Waals surface area (Å²) in [5, 5.41) is 7.46. The van der Waals surface area contributed by atoms with Crippen LogP contribution in [0.25, 0.3) is 0 Å². The number of halogens is 2. The minimum Gasteiger partial charge on any atom is -0.357 e. The highest BCUT2D eigenvalue weighted by Crippen LogP contribution is 2.10. The van der Waals surface area contributed by atoms with E-state index in [9.17, 15) is 0 Å². The normalized spacial score (nSPS) is 11.1. The van der Waals surface area contributed by atoms with Crippen LogP contribution in [0.3, 0.4) is 0 Å². The van der Waals surface area contributed by atoms with E-state index in [1.54, 1.807) is 0 Å². The van der Waals surface area contributed by atoms with Gasteiger partial charge in [0, 0.05) is 43.6 Å². The fourth-order valence-electron chi connectivity index (χ4n) is 2.58. The van der Waals surface area contributed by atoms with E-state index in [1.807, 2.05) is 37.5 Å². The smallest absolute Gasteiger partial charge is 0.191 e. The minimum absolute atomic E-state index is 0. The van der Waals surface area contributed by atoms with Gasteiger partial charge in [-0.15, -0.1) is 24.0 Å². The monoisotopic (exact) mass is 489 g/mol. The Morgan fingerprint density at radius 3 is 2.81 bits per heavy atom. The topological polar surface area (TPSA) is 54.2 Å². The van der Waals surface area contributed by atoms with E-state index in [-0.39, 0.29) is 24.0 Å². The van der Waals surface area contributed by atoms with Gasteiger partial charge in [-0.2, -0.15) is 0 Å². The van der Waals surface area contributed by atoms with Crippen LogP contribution in [0.5, 0.6) is 0 Å². The molecule has 1 heterocycles. The number of aromatic nitrogens is 2. The van der Waals surface area contributed by atoms with Crippen LogP contribution in [0.15, 0.2) is 41.7 Å². The van der Waals surface area contributed by atoms with Crippen molar-refractivity contribution in [1.82, 2.24) is 20.2 Å². The molecule has 0 atom stereocenters. The van der Waals surface area contributed by atoms with E-state index in [4.69, 9.17) is 11.6 Å². The number of nitrogens with zero attached hydrogens (tertiary/aromatic N) is 3. The van der Waals surface area contributed by atoms with Crippen molar-refractivity contribution < 1.29 is 0 Å². The number of rotatable bonds is 9. The first-order chi connectivity index (χ1) is 12.2. The van der Waals surface area contributed by atoms with Crippen LogP contribution in [0.2, 0.25) is 5.02 Å². The van der Waals surface area contributed by atoms with Gasteiger partial charge in [-0.25, -0.2) is 4.98 Å². The van der Waals surface area contributed by atoms with Crippen LogP contribution < -0.4 is 10.6 Å². The van der Waals surface area contributed by atoms with Crippen molar-refractivity contribution >= 4 is 41.5 Å². The SMILES string of the molecule is CCNC(=NCCCCn1ccnc1C)NCCc1cccc(Cl)c1.I. The number of hydrogen-bond donors (Lipinski definition) is 2. The van der Waals surface area contributed by atoms with E-state index in [2.05, 4.69) is 38.2 Å². The standard InChI is InChI=1S/C19H28ClN5.HI/c1-3-21-19(24-11-9-17-7-6-8-18(20)15-17)23-10-4-5-13-25-14-12-22-16(25)2;/h6-8,12,14-15H,3-5,9-11,13H2,1-2H3,(H2,21,23,24);1H. The molecular weight excluding hydrogens is 461 g/mol. The molecule has 144 valence electrons. The Bertz CT molecular complexity index is 671. The number of aryl methyl sites for hydroxylation is 2. The molecule has 0 saturated carbocycles. The summed E-state index contributed by atoms with van der Waals surface area (Å²) >= 11 is 6.02. The predicted octanol–water partition coefficient (Wildman–Crippen LogP) is 4.04. The Labute approximate surface area is 178 Å². The van der Waals surface area contributed by atoms with E-state index < -0.39 is 0 Å². The van der Waals surface area contributed by atoms with Gasteiger partial charge in [-0.1, -0.05) is 23.7 Å². The van der Waals surface area contributed by atoms with Gasteiger partial charge >= 0.3 is 0 Å². The summed E-state index contributed by atoms with van der Waals surface area (Å²) in [7, 11) is 0. The zero-order valence-corrected chi connectivity index (χ0v) is 18.6. The van der Waals surface area contributed by atoms with Crippen molar-refractivity contribution in [2.24, 2.45) is 4.99 Å². The fraction of sp³-hybridized carbons (Fsp3) is 0.474. The Balaban J connectivity index is 0.00000338. The fourth-order valence-corrected chi connectivity index (χ4v) is 2.80. The third-order valence-corrected chi connectivity index (χ3v) is 4.18. The molecule has 2 aromatic rings. The summed E-state index contributed by atoms with van der Waals surface area (Å²) in [6, 6.07) is 7.98. The molecule has 0 bridgehead atoms. The molecule has 0 aliphatic rings. The lowest BCUT2D eigenvalue weighted by Gasteiger charge is -2.11. The first-order valence-corrected chi connectivity index (χ1v) is 9.31. The van der Waals surface area contributed by atoms with Crippen molar-refractivity contribution in [1.29, 1.82) is 0 Å². The maximum absolute atomic E-state index is 6.02. The second-order valence-electron chi connectivity index (χ2n) is 5.94. The van der Waals surface area contributed by atoms with Gasteiger partial charge < -0.3 is 15.2 Å². The molecule has 0 saturated heterocycles. The summed E-state index contributed by atoms with van der Waals surface area (Å²) in [4.78, 5) is 8.89. The van der Waals surface area contributed by atoms with Crippen LogP contribution in [-0.4, -0.2) is 35.1 Å². The van der Waals surface area contributed by atoms with Gasteiger partial charge in [0.2, 0.25) is 0 Å². The summed E-state index contributed by atoms with van der Waals surface area (Å²) in [6.45, 7) is 7.62.